The molecule has 0 spiro atoms. The van der Waals surface area contributed by atoms with Gasteiger partial charge in [0.15, 0.2) is 5.69 Å². The van der Waals surface area contributed by atoms with Crippen LogP contribution in [0.25, 0.3) is 0 Å². The minimum Gasteiger partial charge on any atom is -0.461 e. The first-order valence-electron chi connectivity index (χ1n) is 7.48. The van der Waals surface area contributed by atoms with E-state index < -0.39 is 23.4 Å². The van der Waals surface area contributed by atoms with Crippen LogP contribution in [0.5, 0.6) is 0 Å². The lowest BCUT2D eigenvalue weighted by molar-refractivity contribution is 0.0217. The average Bonchev–Trinajstić information content (AvgIpc) is 2.44. The normalized spacial score (nSPS) is 14.2. The quantitative estimate of drug-likeness (QED) is 0.822. The van der Waals surface area contributed by atoms with Crippen molar-refractivity contribution in [3.8, 4) is 0 Å². The highest BCUT2D eigenvalue weighted by atomic mass is 16.6. The Balaban J connectivity index is 2.30. The van der Waals surface area contributed by atoms with Crippen LogP contribution < -0.4 is 5.69 Å². The Morgan fingerprint density at radius 2 is 2.04 bits per heavy atom. The maximum Gasteiger partial charge on any atom is 0.410 e. The molecule has 0 aromatic carbocycles. The van der Waals surface area contributed by atoms with E-state index in [0.717, 1.165) is 0 Å². The number of carbonyl (C=O) groups excluding carboxylic acids is 2. The summed E-state index contributed by atoms with van der Waals surface area (Å²) in [5.41, 5.74) is -0.144. The van der Waals surface area contributed by atoms with Gasteiger partial charge >= 0.3 is 17.8 Å². The molecule has 0 atom stereocenters. The Morgan fingerprint density at radius 3 is 2.65 bits per heavy atom. The molecule has 0 aliphatic carbocycles. The molecule has 0 saturated carbocycles. The molecule has 0 unspecified atom stereocenters. The van der Waals surface area contributed by atoms with Crippen molar-refractivity contribution in [3.63, 3.8) is 0 Å². The van der Waals surface area contributed by atoms with Crippen molar-refractivity contribution in [1.82, 2.24) is 14.9 Å². The molecule has 2 heterocycles. The fraction of sp³-hybridized carbons (Fsp3) is 0.600. The molecule has 1 aromatic heterocycles. The van der Waals surface area contributed by atoms with Crippen LogP contribution >= 0.6 is 0 Å². The first kappa shape index (κ1) is 17.0. The van der Waals surface area contributed by atoms with Crippen LogP contribution in [-0.4, -0.2) is 45.7 Å². The lowest BCUT2D eigenvalue weighted by atomic mass is 10.0. The topological polar surface area (TPSA) is 102 Å². The van der Waals surface area contributed by atoms with Crippen molar-refractivity contribution in [2.24, 2.45) is 0 Å². The molecule has 1 aliphatic rings. The van der Waals surface area contributed by atoms with Crippen LogP contribution in [-0.2, 0) is 22.4 Å². The number of fused-ring (bicyclic) bond motifs is 1. The number of hydrogen-bond acceptors (Lipinski definition) is 6. The van der Waals surface area contributed by atoms with Gasteiger partial charge in [-0.1, -0.05) is 0 Å². The number of ether oxygens (including phenoxy) is 2. The molecule has 0 radical (unpaired) electrons. The number of H-pyrrole nitrogens is 1. The standard InChI is InChI=1S/C15H21N3O5/c1-5-22-12(19)11-9-8-18(14(21)23-15(2,3)4)7-6-10(9)16-13(20)17-11/h5-8H2,1-4H3,(H,16,17,20). The summed E-state index contributed by atoms with van der Waals surface area (Å²) in [7, 11) is 0. The minimum atomic E-state index is -0.666. The third-order valence-corrected chi connectivity index (χ3v) is 3.22. The molecule has 0 saturated heterocycles. The molecule has 1 N–H and O–H groups in total. The van der Waals surface area contributed by atoms with Gasteiger partial charge in [0.25, 0.3) is 0 Å². The van der Waals surface area contributed by atoms with Crippen molar-refractivity contribution in [2.75, 3.05) is 13.2 Å². The number of nitrogens with one attached hydrogen (secondary N) is 1. The van der Waals surface area contributed by atoms with Crippen LogP contribution in [0, 0.1) is 0 Å². The molecule has 1 amide bonds. The highest BCUT2D eigenvalue weighted by Crippen LogP contribution is 2.21. The van der Waals surface area contributed by atoms with E-state index in [0.29, 0.717) is 24.2 Å². The van der Waals surface area contributed by atoms with E-state index in [2.05, 4.69) is 9.97 Å². The molecule has 126 valence electrons. The molecule has 8 heteroatoms. The van der Waals surface area contributed by atoms with E-state index in [-0.39, 0.29) is 18.8 Å². The average molecular weight is 323 g/mol. The van der Waals surface area contributed by atoms with Crippen LogP contribution in [0.2, 0.25) is 0 Å². The smallest absolute Gasteiger partial charge is 0.410 e. The van der Waals surface area contributed by atoms with Gasteiger partial charge in [-0.25, -0.2) is 14.4 Å². The summed E-state index contributed by atoms with van der Waals surface area (Å²) in [6.07, 6.45) is -0.0530. The zero-order valence-electron chi connectivity index (χ0n) is 13.8. The van der Waals surface area contributed by atoms with Crippen molar-refractivity contribution < 1.29 is 19.1 Å². The zero-order chi connectivity index (χ0) is 17.2. The number of hydrogen-bond donors (Lipinski definition) is 1. The minimum absolute atomic E-state index is 0.0427. The fourth-order valence-corrected chi connectivity index (χ4v) is 2.30. The lowest BCUT2D eigenvalue weighted by Crippen LogP contribution is -2.41. The summed E-state index contributed by atoms with van der Waals surface area (Å²) >= 11 is 0. The summed E-state index contributed by atoms with van der Waals surface area (Å²) in [6.45, 7) is 7.73. The van der Waals surface area contributed by atoms with E-state index in [1.165, 1.54) is 4.90 Å². The second-order valence-electron chi connectivity index (χ2n) is 6.22. The summed E-state index contributed by atoms with van der Waals surface area (Å²) in [6, 6.07) is 0. The van der Waals surface area contributed by atoms with E-state index >= 15 is 0 Å². The van der Waals surface area contributed by atoms with Gasteiger partial charge in [0.1, 0.15) is 5.60 Å². The number of rotatable bonds is 2. The number of aromatic amines is 1. The summed E-state index contributed by atoms with van der Waals surface area (Å²) < 4.78 is 10.3. The van der Waals surface area contributed by atoms with Crippen molar-refractivity contribution in [1.29, 1.82) is 0 Å². The van der Waals surface area contributed by atoms with Crippen LogP contribution in [0.1, 0.15) is 49.4 Å². The van der Waals surface area contributed by atoms with Crippen LogP contribution in [0.15, 0.2) is 4.79 Å². The van der Waals surface area contributed by atoms with Gasteiger partial charge in [-0.3, -0.25) is 0 Å². The largest absolute Gasteiger partial charge is 0.461 e. The Kier molecular flexibility index (Phi) is 4.72. The lowest BCUT2D eigenvalue weighted by Gasteiger charge is -2.31. The highest BCUT2D eigenvalue weighted by molar-refractivity contribution is 5.89. The third kappa shape index (κ3) is 4.08. The van der Waals surface area contributed by atoms with Gasteiger partial charge in [0.05, 0.1) is 13.2 Å². The Hall–Kier alpha value is -2.38. The summed E-state index contributed by atoms with van der Waals surface area (Å²) in [5.74, 6) is -0.666. The van der Waals surface area contributed by atoms with E-state index in [9.17, 15) is 14.4 Å². The van der Waals surface area contributed by atoms with Gasteiger partial charge in [0, 0.05) is 24.2 Å². The first-order chi connectivity index (χ1) is 10.7. The fourth-order valence-electron chi connectivity index (χ4n) is 2.30. The molecule has 0 bridgehead atoms. The van der Waals surface area contributed by atoms with E-state index in [1.807, 2.05) is 0 Å². The molecule has 1 aromatic rings. The second kappa shape index (κ2) is 6.39. The number of aromatic nitrogens is 2. The highest BCUT2D eigenvalue weighted by Gasteiger charge is 2.30. The molecule has 0 fully saturated rings. The third-order valence-electron chi connectivity index (χ3n) is 3.22. The Morgan fingerprint density at radius 1 is 1.35 bits per heavy atom. The Labute approximate surface area is 133 Å². The van der Waals surface area contributed by atoms with Gasteiger partial charge in [0.2, 0.25) is 0 Å². The molecule has 2 rings (SSSR count). The Bertz CT molecular complexity index is 675. The maximum atomic E-state index is 12.2. The maximum absolute atomic E-state index is 12.2. The van der Waals surface area contributed by atoms with E-state index in [4.69, 9.17) is 9.47 Å². The molecule has 1 aliphatic heterocycles. The molecular formula is C15H21N3O5. The number of esters is 1. The predicted molar refractivity (Wildman–Crippen MR) is 81.2 cm³/mol. The SMILES string of the molecule is CCOC(=O)c1nc(=O)[nH]c2c1CN(C(=O)OC(C)(C)C)CC2. The van der Waals surface area contributed by atoms with Gasteiger partial charge in [-0.05, 0) is 27.7 Å². The second-order valence-corrected chi connectivity index (χ2v) is 6.22. The number of nitrogens with zero attached hydrogens (tertiary/aromatic N) is 2. The molecular weight excluding hydrogens is 302 g/mol. The van der Waals surface area contributed by atoms with Gasteiger partial charge < -0.3 is 19.4 Å². The number of carbonyl (C=O) groups is 2. The molecule has 8 nitrogen and oxygen atoms in total. The monoisotopic (exact) mass is 323 g/mol. The first-order valence-corrected chi connectivity index (χ1v) is 7.48. The van der Waals surface area contributed by atoms with Crippen molar-refractivity contribution >= 4 is 12.1 Å². The predicted octanol–water partition coefficient (Wildman–Crippen LogP) is 1.24. The van der Waals surface area contributed by atoms with Crippen LogP contribution in [0.4, 0.5) is 4.79 Å². The van der Waals surface area contributed by atoms with Gasteiger partial charge in [-0.2, -0.15) is 4.98 Å². The zero-order valence-corrected chi connectivity index (χ0v) is 13.8. The van der Waals surface area contributed by atoms with Gasteiger partial charge in [-0.15, -0.1) is 0 Å². The van der Waals surface area contributed by atoms with Crippen LogP contribution in [0.3, 0.4) is 0 Å². The summed E-state index contributed by atoms with van der Waals surface area (Å²) in [5, 5.41) is 0. The van der Waals surface area contributed by atoms with E-state index in [1.54, 1.807) is 27.7 Å². The van der Waals surface area contributed by atoms with Crippen molar-refractivity contribution in [3.05, 3.63) is 27.4 Å². The summed E-state index contributed by atoms with van der Waals surface area (Å²) in [4.78, 5) is 43.6. The molecule has 23 heavy (non-hydrogen) atoms. The number of amides is 1. The van der Waals surface area contributed by atoms with Crippen molar-refractivity contribution in [2.45, 2.75) is 46.3 Å².